The summed E-state index contributed by atoms with van der Waals surface area (Å²) in [5.74, 6) is 0. The van der Waals surface area contributed by atoms with E-state index in [-0.39, 0.29) is 0 Å². The molecular weight excluding hydrogens is 727 g/mol. The predicted octanol–water partition coefficient (Wildman–Crippen LogP) is 16.3. The van der Waals surface area contributed by atoms with Crippen LogP contribution in [-0.2, 0) is 0 Å². The summed E-state index contributed by atoms with van der Waals surface area (Å²) in [4.78, 5) is 2.38. The van der Waals surface area contributed by atoms with Crippen LogP contribution in [-0.4, -0.2) is 0 Å². The van der Waals surface area contributed by atoms with Crippen LogP contribution in [0.15, 0.2) is 209 Å². The lowest BCUT2D eigenvalue weighted by molar-refractivity contribution is 0.668. The third kappa shape index (κ3) is 5.19. The van der Waals surface area contributed by atoms with Gasteiger partial charge < -0.3 is 13.7 Å². The van der Waals surface area contributed by atoms with Gasteiger partial charge in [-0.05, 0) is 81.9 Å². The van der Waals surface area contributed by atoms with Gasteiger partial charge in [0.1, 0.15) is 16.7 Å². The van der Waals surface area contributed by atoms with Crippen molar-refractivity contribution >= 4 is 92.4 Å². The monoisotopic (exact) mass is 759 g/mol. The molecule has 0 aliphatic carbocycles. The van der Waals surface area contributed by atoms with Crippen molar-refractivity contribution < 1.29 is 8.83 Å². The topological polar surface area (TPSA) is 29.5 Å². The van der Waals surface area contributed by atoms with Gasteiger partial charge in [-0.25, -0.2) is 0 Å². The highest BCUT2D eigenvalue weighted by Gasteiger charge is 2.23. The maximum Gasteiger partial charge on any atom is 0.159 e. The molecule has 0 N–H and O–H groups in total. The Hall–Kier alpha value is -7.40. The van der Waals surface area contributed by atoms with Crippen LogP contribution < -0.4 is 4.90 Å². The van der Waals surface area contributed by atoms with Gasteiger partial charge in [-0.15, -0.1) is 11.3 Å². The highest BCUT2D eigenvalue weighted by molar-refractivity contribution is 7.27. The fourth-order valence-corrected chi connectivity index (χ4v) is 10.0. The zero-order chi connectivity index (χ0) is 38.2. The Morgan fingerprint density at radius 2 is 0.862 bits per heavy atom. The molecule has 0 saturated carbocycles. The minimum atomic E-state index is 0.869. The van der Waals surface area contributed by atoms with Crippen LogP contribution in [0.2, 0.25) is 0 Å². The highest BCUT2D eigenvalue weighted by Crippen LogP contribution is 2.49. The van der Waals surface area contributed by atoms with Gasteiger partial charge in [0.05, 0.1) is 16.1 Å². The first kappa shape index (κ1) is 32.8. The van der Waals surface area contributed by atoms with E-state index in [2.05, 4.69) is 187 Å². The molecule has 0 fully saturated rings. The van der Waals surface area contributed by atoms with Crippen molar-refractivity contribution in [3.8, 4) is 33.4 Å². The minimum absolute atomic E-state index is 0.869. The SMILES string of the molecule is c1ccc(-c2cccc3c2sc2c(N(c4ccc(-c5ccc(-c6ccc7oc8ccccc8c7c6)cc5)cc4)c4cccc5c4oc4ccccc45)cccc23)cc1. The Labute approximate surface area is 338 Å². The fourth-order valence-electron chi connectivity index (χ4n) is 8.71. The Bertz CT molecular complexity index is 3500. The molecular formula is C54H33NO2S. The molecule has 0 atom stereocenters. The maximum atomic E-state index is 6.69. The molecule has 0 aliphatic rings. The number of nitrogens with zero attached hydrogens (tertiary/aromatic N) is 1. The summed E-state index contributed by atoms with van der Waals surface area (Å²) in [5.41, 5.74) is 13.9. The van der Waals surface area contributed by atoms with Gasteiger partial charge in [0.2, 0.25) is 0 Å². The summed E-state index contributed by atoms with van der Waals surface area (Å²) in [5, 5.41) is 7.00. The van der Waals surface area contributed by atoms with Crippen molar-refractivity contribution in [2.75, 3.05) is 4.90 Å². The van der Waals surface area contributed by atoms with E-state index >= 15 is 0 Å². The third-order valence-electron chi connectivity index (χ3n) is 11.5. The van der Waals surface area contributed by atoms with E-state index in [0.717, 1.165) is 72.1 Å². The maximum absolute atomic E-state index is 6.69. The molecule has 12 aromatic rings. The van der Waals surface area contributed by atoms with Gasteiger partial charge in [-0.3, -0.25) is 0 Å². The molecule has 272 valence electrons. The van der Waals surface area contributed by atoms with Crippen LogP contribution in [0.1, 0.15) is 0 Å². The number of para-hydroxylation sites is 3. The molecule has 0 saturated heterocycles. The summed E-state index contributed by atoms with van der Waals surface area (Å²) in [7, 11) is 0. The Morgan fingerprint density at radius 3 is 1.62 bits per heavy atom. The second-order valence-corrected chi connectivity index (χ2v) is 15.8. The van der Waals surface area contributed by atoms with Gasteiger partial charge in [-0.2, -0.15) is 0 Å². The van der Waals surface area contributed by atoms with Gasteiger partial charge in [0.15, 0.2) is 5.58 Å². The van der Waals surface area contributed by atoms with E-state index in [1.54, 1.807) is 0 Å². The molecule has 9 aromatic carbocycles. The first-order valence-electron chi connectivity index (χ1n) is 19.6. The van der Waals surface area contributed by atoms with Crippen molar-refractivity contribution in [1.82, 2.24) is 0 Å². The number of rotatable bonds is 6. The van der Waals surface area contributed by atoms with Crippen molar-refractivity contribution in [2.24, 2.45) is 0 Å². The van der Waals surface area contributed by atoms with Crippen LogP contribution in [0.4, 0.5) is 17.1 Å². The molecule has 0 amide bonds. The average molecular weight is 760 g/mol. The summed E-state index contributed by atoms with van der Waals surface area (Å²) in [6.07, 6.45) is 0. The lowest BCUT2D eigenvalue weighted by atomic mass is 9.99. The molecule has 58 heavy (non-hydrogen) atoms. The standard InChI is InChI=1S/C54H33NO2S/c1-2-11-37(12-3-1)40-15-8-17-44-45-18-10-20-48(54(45)58-53(40)44)55(47-19-9-16-43-41-13-4-7-22-50(41)57-52(43)47)39-30-27-35(28-31-39)34-23-25-36(26-24-34)38-29-32-51-46(33-38)42-14-5-6-21-49(42)56-51/h1-33H. The van der Waals surface area contributed by atoms with E-state index in [1.807, 2.05) is 29.5 Å². The second-order valence-electron chi connectivity index (χ2n) is 14.8. The molecule has 4 heteroatoms. The van der Waals surface area contributed by atoms with Crippen LogP contribution in [0.5, 0.6) is 0 Å². The number of furan rings is 2. The van der Waals surface area contributed by atoms with Crippen molar-refractivity contribution in [3.63, 3.8) is 0 Å². The van der Waals surface area contributed by atoms with Gasteiger partial charge in [0, 0.05) is 42.7 Å². The smallest absolute Gasteiger partial charge is 0.159 e. The summed E-state index contributed by atoms with van der Waals surface area (Å²) < 4.78 is 15.3. The van der Waals surface area contributed by atoms with E-state index in [0.29, 0.717) is 0 Å². The molecule has 0 unspecified atom stereocenters. The Balaban J connectivity index is 0.980. The number of benzene rings is 9. The second kappa shape index (κ2) is 13.1. The summed E-state index contributed by atoms with van der Waals surface area (Å²) >= 11 is 1.86. The van der Waals surface area contributed by atoms with Crippen LogP contribution >= 0.6 is 11.3 Å². The molecule has 0 bridgehead atoms. The van der Waals surface area contributed by atoms with Gasteiger partial charge in [0.25, 0.3) is 0 Å². The first-order valence-corrected chi connectivity index (χ1v) is 20.4. The molecule has 3 heterocycles. The van der Waals surface area contributed by atoms with Crippen LogP contribution in [0.3, 0.4) is 0 Å². The van der Waals surface area contributed by atoms with Gasteiger partial charge in [-0.1, -0.05) is 152 Å². The van der Waals surface area contributed by atoms with Crippen LogP contribution in [0, 0.1) is 0 Å². The number of fused-ring (bicyclic) bond motifs is 9. The van der Waals surface area contributed by atoms with Gasteiger partial charge >= 0.3 is 0 Å². The molecule has 3 aromatic heterocycles. The summed E-state index contributed by atoms with van der Waals surface area (Å²) in [6.45, 7) is 0. The van der Waals surface area contributed by atoms with Crippen molar-refractivity contribution in [3.05, 3.63) is 200 Å². The Morgan fingerprint density at radius 1 is 0.328 bits per heavy atom. The normalized spacial score (nSPS) is 11.8. The van der Waals surface area contributed by atoms with E-state index in [9.17, 15) is 0 Å². The molecule has 12 rings (SSSR count). The first-order chi connectivity index (χ1) is 28.7. The molecule has 3 nitrogen and oxygen atoms in total. The van der Waals surface area contributed by atoms with Crippen molar-refractivity contribution in [2.45, 2.75) is 0 Å². The third-order valence-corrected chi connectivity index (χ3v) is 12.8. The zero-order valence-corrected chi connectivity index (χ0v) is 32.0. The summed E-state index contributed by atoms with van der Waals surface area (Å²) in [6, 6.07) is 71.4. The van der Waals surface area contributed by atoms with Crippen LogP contribution in [0.25, 0.3) is 97.4 Å². The minimum Gasteiger partial charge on any atom is -0.456 e. The number of anilines is 3. The predicted molar refractivity (Wildman–Crippen MR) is 245 cm³/mol. The molecule has 0 spiro atoms. The average Bonchev–Trinajstić information content (AvgIpc) is 3.99. The number of hydrogen-bond acceptors (Lipinski definition) is 4. The highest BCUT2D eigenvalue weighted by atomic mass is 32.1. The lowest BCUT2D eigenvalue weighted by Gasteiger charge is -2.26. The quantitative estimate of drug-likeness (QED) is 0.169. The Kier molecular flexibility index (Phi) is 7.40. The van der Waals surface area contributed by atoms with Crippen molar-refractivity contribution in [1.29, 1.82) is 0 Å². The zero-order valence-electron chi connectivity index (χ0n) is 31.2. The largest absolute Gasteiger partial charge is 0.456 e. The fraction of sp³-hybridized carbons (Fsp3) is 0. The molecule has 0 aliphatic heterocycles. The van der Waals surface area contributed by atoms with E-state index in [1.165, 1.54) is 42.4 Å². The lowest BCUT2D eigenvalue weighted by Crippen LogP contribution is -2.10. The van der Waals surface area contributed by atoms with E-state index < -0.39 is 0 Å². The van der Waals surface area contributed by atoms with E-state index in [4.69, 9.17) is 8.83 Å². The number of hydrogen-bond donors (Lipinski definition) is 0. The molecule has 0 radical (unpaired) electrons. The number of thiophene rings is 1.